The van der Waals surface area contributed by atoms with Gasteiger partial charge in [-0.05, 0) is 29.8 Å². The topological polar surface area (TPSA) is 39.2 Å². The number of benzene rings is 1. The monoisotopic (exact) mass is 305 g/mol. The van der Waals surface area contributed by atoms with Crippen LogP contribution in [0.15, 0.2) is 48.8 Å². The van der Waals surface area contributed by atoms with Crippen molar-refractivity contribution in [3.05, 3.63) is 59.9 Å². The molecule has 0 aliphatic carbocycles. The van der Waals surface area contributed by atoms with Crippen LogP contribution in [0.25, 0.3) is 0 Å². The Hall–Kier alpha value is -1.68. The third kappa shape index (κ3) is 2.59. The van der Waals surface area contributed by atoms with E-state index in [0.717, 1.165) is 5.56 Å². The predicted octanol–water partition coefficient (Wildman–Crippen LogP) is 3.41. The Labute approximate surface area is 114 Å². The third-order valence-corrected chi connectivity index (χ3v) is 3.55. The van der Waals surface area contributed by atoms with E-state index in [9.17, 15) is 4.79 Å². The van der Waals surface area contributed by atoms with Crippen LogP contribution in [-0.2, 0) is 0 Å². The highest BCUT2D eigenvalue weighted by Crippen LogP contribution is 2.30. The Kier molecular flexibility index (Phi) is 4.10. The van der Waals surface area contributed by atoms with Crippen LogP contribution < -0.4 is 4.74 Å². The summed E-state index contributed by atoms with van der Waals surface area (Å²) in [5.74, 6) is 0.555. The summed E-state index contributed by atoms with van der Waals surface area (Å²) in [4.78, 5) is 15.9. The average molecular weight is 306 g/mol. The summed E-state index contributed by atoms with van der Waals surface area (Å²) < 4.78 is 5.20. The maximum atomic E-state index is 12.4. The molecule has 0 amide bonds. The number of carbonyl (C=O) groups excluding carboxylic acids is 1. The van der Waals surface area contributed by atoms with E-state index in [-0.39, 0.29) is 5.78 Å². The molecule has 92 valence electrons. The largest absolute Gasteiger partial charge is 0.496 e. The number of alkyl halides is 1. The van der Waals surface area contributed by atoms with Crippen molar-refractivity contribution >= 4 is 21.7 Å². The number of ether oxygens (including phenoxy) is 1. The second-order valence-electron chi connectivity index (χ2n) is 3.71. The number of nitrogens with zero attached hydrogens (tertiary/aromatic N) is 1. The number of hydrogen-bond acceptors (Lipinski definition) is 3. The molecule has 0 spiro atoms. The Balaban J connectivity index is 2.32. The summed E-state index contributed by atoms with van der Waals surface area (Å²) in [6.07, 6.45) is 3.33. The number of aromatic nitrogens is 1. The number of para-hydroxylation sites is 1. The molecule has 1 aromatic carbocycles. The number of halogens is 1. The summed E-state index contributed by atoms with van der Waals surface area (Å²) in [6, 6.07) is 10.8. The number of methoxy groups -OCH3 is 1. The molecule has 0 aliphatic heterocycles. The van der Waals surface area contributed by atoms with Crippen molar-refractivity contribution in [3.63, 3.8) is 0 Å². The second kappa shape index (κ2) is 5.78. The van der Waals surface area contributed by atoms with E-state index in [1.807, 2.05) is 24.3 Å². The van der Waals surface area contributed by atoms with Crippen LogP contribution in [0.3, 0.4) is 0 Å². The van der Waals surface area contributed by atoms with Gasteiger partial charge in [0.2, 0.25) is 0 Å². The van der Waals surface area contributed by atoms with Crippen molar-refractivity contribution in [2.45, 2.75) is 4.83 Å². The molecule has 0 bridgehead atoms. The van der Waals surface area contributed by atoms with Gasteiger partial charge in [0.15, 0.2) is 5.78 Å². The number of Topliss-reactive ketones (excluding diaryl/α,β-unsaturated/α-hetero) is 1. The maximum Gasteiger partial charge on any atom is 0.184 e. The minimum Gasteiger partial charge on any atom is -0.496 e. The van der Waals surface area contributed by atoms with E-state index in [1.165, 1.54) is 0 Å². The van der Waals surface area contributed by atoms with Gasteiger partial charge in [-0.15, -0.1) is 0 Å². The Morgan fingerprint density at radius 3 is 2.56 bits per heavy atom. The molecule has 3 nitrogen and oxygen atoms in total. The molecule has 1 heterocycles. The van der Waals surface area contributed by atoms with E-state index >= 15 is 0 Å². The third-order valence-electron chi connectivity index (χ3n) is 2.60. The van der Waals surface area contributed by atoms with Gasteiger partial charge in [-0.2, -0.15) is 0 Å². The molecule has 0 aliphatic rings. The molecule has 1 atom stereocenters. The fourth-order valence-electron chi connectivity index (χ4n) is 1.67. The first-order chi connectivity index (χ1) is 8.74. The molecular formula is C14H12BrNO2. The highest BCUT2D eigenvalue weighted by molar-refractivity contribution is 9.09. The smallest absolute Gasteiger partial charge is 0.184 e. The first kappa shape index (κ1) is 12.8. The van der Waals surface area contributed by atoms with Crippen LogP contribution in [0.4, 0.5) is 0 Å². The van der Waals surface area contributed by atoms with Crippen molar-refractivity contribution in [2.24, 2.45) is 0 Å². The van der Waals surface area contributed by atoms with Gasteiger partial charge in [0.25, 0.3) is 0 Å². The molecule has 0 saturated heterocycles. The van der Waals surface area contributed by atoms with Crippen molar-refractivity contribution in [2.75, 3.05) is 7.11 Å². The number of ketones is 1. The quantitative estimate of drug-likeness (QED) is 0.642. The number of pyridine rings is 1. The van der Waals surface area contributed by atoms with Crippen molar-refractivity contribution in [1.82, 2.24) is 4.98 Å². The molecule has 2 aromatic rings. The Morgan fingerprint density at radius 2 is 1.89 bits per heavy atom. The number of rotatable bonds is 4. The maximum absolute atomic E-state index is 12.4. The van der Waals surface area contributed by atoms with Crippen LogP contribution in [0, 0.1) is 0 Å². The summed E-state index contributed by atoms with van der Waals surface area (Å²) in [5, 5.41) is 0. The van der Waals surface area contributed by atoms with Crippen LogP contribution in [0.5, 0.6) is 5.75 Å². The van der Waals surface area contributed by atoms with Gasteiger partial charge in [0.1, 0.15) is 10.6 Å². The average Bonchev–Trinajstić information content (AvgIpc) is 2.46. The normalized spacial score (nSPS) is 11.9. The fourth-order valence-corrected chi connectivity index (χ4v) is 2.22. The zero-order valence-electron chi connectivity index (χ0n) is 9.84. The molecule has 1 aromatic heterocycles. The van der Waals surface area contributed by atoms with Gasteiger partial charge in [0.05, 0.1) is 12.7 Å². The van der Waals surface area contributed by atoms with Crippen molar-refractivity contribution in [3.8, 4) is 5.75 Å². The Bertz CT molecular complexity index is 543. The van der Waals surface area contributed by atoms with E-state index in [2.05, 4.69) is 20.9 Å². The molecule has 4 heteroatoms. The summed E-state index contributed by atoms with van der Waals surface area (Å²) >= 11 is 3.42. The van der Waals surface area contributed by atoms with Crippen molar-refractivity contribution < 1.29 is 9.53 Å². The minimum atomic E-state index is -0.392. The highest BCUT2D eigenvalue weighted by atomic mass is 79.9. The number of carbonyl (C=O) groups is 1. The fraction of sp³-hybridized carbons (Fsp3) is 0.143. The van der Waals surface area contributed by atoms with Gasteiger partial charge >= 0.3 is 0 Å². The molecule has 0 fully saturated rings. The molecule has 0 N–H and O–H groups in total. The molecule has 2 rings (SSSR count). The lowest BCUT2D eigenvalue weighted by Crippen LogP contribution is -2.08. The van der Waals surface area contributed by atoms with E-state index in [1.54, 1.807) is 31.6 Å². The van der Waals surface area contributed by atoms with Gasteiger partial charge in [-0.1, -0.05) is 28.1 Å². The van der Waals surface area contributed by atoms with Gasteiger partial charge in [-0.3, -0.25) is 9.78 Å². The Morgan fingerprint density at radius 1 is 1.22 bits per heavy atom. The summed E-state index contributed by atoms with van der Waals surface area (Å²) in [6.45, 7) is 0. The zero-order valence-corrected chi connectivity index (χ0v) is 11.4. The zero-order chi connectivity index (χ0) is 13.0. The summed E-state index contributed by atoms with van der Waals surface area (Å²) in [7, 11) is 1.56. The van der Waals surface area contributed by atoms with Gasteiger partial charge in [-0.25, -0.2) is 0 Å². The minimum absolute atomic E-state index is 0.0290. The second-order valence-corrected chi connectivity index (χ2v) is 4.62. The predicted molar refractivity (Wildman–Crippen MR) is 73.2 cm³/mol. The lowest BCUT2D eigenvalue weighted by molar-refractivity contribution is 0.0988. The molecule has 1 unspecified atom stereocenters. The SMILES string of the molecule is COc1ccccc1C(=O)C(Br)c1ccncc1. The van der Waals surface area contributed by atoms with Crippen LogP contribution in [0.1, 0.15) is 20.7 Å². The van der Waals surface area contributed by atoms with E-state index < -0.39 is 4.83 Å². The lowest BCUT2D eigenvalue weighted by atomic mass is 10.0. The van der Waals surface area contributed by atoms with Gasteiger partial charge in [0, 0.05) is 12.4 Å². The highest BCUT2D eigenvalue weighted by Gasteiger charge is 2.21. The molecule has 0 radical (unpaired) electrons. The standard InChI is InChI=1S/C14H12BrNO2/c1-18-12-5-3-2-4-11(12)14(17)13(15)10-6-8-16-9-7-10/h2-9,13H,1H3. The number of hydrogen-bond donors (Lipinski definition) is 0. The van der Waals surface area contributed by atoms with E-state index in [0.29, 0.717) is 11.3 Å². The lowest BCUT2D eigenvalue weighted by Gasteiger charge is -2.11. The van der Waals surface area contributed by atoms with Crippen molar-refractivity contribution in [1.29, 1.82) is 0 Å². The van der Waals surface area contributed by atoms with Crippen LogP contribution >= 0.6 is 15.9 Å². The molecule has 18 heavy (non-hydrogen) atoms. The first-order valence-corrected chi connectivity index (χ1v) is 6.37. The molecular weight excluding hydrogens is 294 g/mol. The summed E-state index contributed by atoms with van der Waals surface area (Å²) in [5.41, 5.74) is 1.44. The van der Waals surface area contributed by atoms with Gasteiger partial charge < -0.3 is 4.74 Å². The van der Waals surface area contributed by atoms with Crippen LogP contribution in [-0.4, -0.2) is 17.9 Å². The van der Waals surface area contributed by atoms with E-state index in [4.69, 9.17) is 4.74 Å². The van der Waals surface area contributed by atoms with Crippen LogP contribution in [0.2, 0.25) is 0 Å². The molecule has 0 saturated carbocycles. The first-order valence-electron chi connectivity index (χ1n) is 5.45.